The first-order valence-electron chi connectivity index (χ1n) is 13.7. The third-order valence-electron chi connectivity index (χ3n) is 7.88. The molecule has 9 nitrogen and oxygen atoms in total. The maximum atomic E-state index is 12.3. The minimum atomic E-state index is -0.470. The van der Waals surface area contributed by atoms with Crippen LogP contribution in [0.1, 0.15) is 26.3 Å². The first-order valence-corrected chi connectivity index (χ1v) is 13.7. The molecule has 0 radical (unpaired) electrons. The molecule has 9 heteroatoms. The molecule has 2 saturated heterocycles. The monoisotopic (exact) mass is 535 g/mol. The normalized spacial score (nSPS) is 16.4. The van der Waals surface area contributed by atoms with Crippen molar-refractivity contribution in [3.05, 3.63) is 66.5 Å². The lowest BCUT2D eigenvalue weighted by molar-refractivity contribution is -0.0454. The van der Waals surface area contributed by atoms with Gasteiger partial charge in [0.15, 0.2) is 0 Å². The van der Waals surface area contributed by atoms with Gasteiger partial charge in [-0.25, -0.2) is 14.5 Å². The van der Waals surface area contributed by atoms with Crippen LogP contribution in [-0.2, 0) is 11.8 Å². The van der Waals surface area contributed by atoms with Gasteiger partial charge in [0.05, 0.1) is 22.9 Å². The molecule has 0 bridgehead atoms. The molecule has 0 N–H and O–H groups in total. The Morgan fingerprint density at radius 3 is 2.45 bits per heavy atom. The van der Waals surface area contributed by atoms with Crippen molar-refractivity contribution >= 4 is 33.7 Å². The summed E-state index contributed by atoms with van der Waals surface area (Å²) in [5.74, 6) is 0.943. The maximum Gasteiger partial charge on any atom is 0.410 e. The molecule has 0 atom stereocenters. The molecule has 2 aliphatic rings. The Kier molecular flexibility index (Phi) is 5.26. The lowest BCUT2D eigenvalue weighted by atomic mass is 9.73. The van der Waals surface area contributed by atoms with E-state index in [1.165, 1.54) is 0 Å². The Labute approximate surface area is 233 Å². The first-order chi connectivity index (χ1) is 19.1. The lowest BCUT2D eigenvalue weighted by Gasteiger charge is -2.60. The first kappa shape index (κ1) is 24.6. The quantitative estimate of drug-likeness (QED) is 0.310. The standard InChI is InChI=1S/C31H33N7O2/c1-20-8-6-10-23-27(22-9-7-11-25-24(22)15-35(5)33-25)34-38(28(20)23)21-12-13-26(32-14-21)36-16-31(17-36)18-37(19-31)29(39)40-30(2,3)4/h6-15H,16-19H2,1-5H3. The summed E-state index contributed by atoms with van der Waals surface area (Å²) in [5.41, 5.74) is 5.78. The molecule has 0 unspecified atom stereocenters. The molecule has 7 rings (SSSR count). The summed E-state index contributed by atoms with van der Waals surface area (Å²) in [5, 5.41) is 11.9. The van der Waals surface area contributed by atoms with E-state index < -0.39 is 5.60 Å². The molecule has 2 fully saturated rings. The van der Waals surface area contributed by atoms with Gasteiger partial charge in [0.2, 0.25) is 0 Å². The Morgan fingerprint density at radius 2 is 1.73 bits per heavy atom. The third-order valence-corrected chi connectivity index (χ3v) is 7.88. The van der Waals surface area contributed by atoms with Crippen molar-refractivity contribution in [2.75, 3.05) is 31.1 Å². The maximum absolute atomic E-state index is 12.3. The average Bonchev–Trinajstić information content (AvgIpc) is 3.42. The molecule has 204 valence electrons. The molecule has 2 aliphatic heterocycles. The van der Waals surface area contributed by atoms with Gasteiger partial charge in [0.1, 0.15) is 17.1 Å². The number of benzene rings is 2. The minimum absolute atomic E-state index is 0.148. The van der Waals surface area contributed by atoms with Crippen molar-refractivity contribution in [2.45, 2.75) is 33.3 Å². The van der Waals surface area contributed by atoms with Crippen LogP contribution in [0.15, 0.2) is 60.9 Å². The van der Waals surface area contributed by atoms with Crippen LogP contribution in [0.4, 0.5) is 10.6 Å². The van der Waals surface area contributed by atoms with Gasteiger partial charge in [-0.2, -0.15) is 10.2 Å². The number of ether oxygens (including phenoxy) is 1. The van der Waals surface area contributed by atoms with Crippen molar-refractivity contribution in [3.63, 3.8) is 0 Å². The van der Waals surface area contributed by atoms with Gasteiger partial charge in [-0.05, 0) is 51.5 Å². The van der Waals surface area contributed by atoms with E-state index in [0.717, 1.165) is 76.3 Å². The highest BCUT2D eigenvalue weighted by Crippen LogP contribution is 2.42. The van der Waals surface area contributed by atoms with Crippen LogP contribution in [0.3, 0.4) is 0 Å². The fourth-order valence-electron chi connectivity index (χ4n) is 6.12. The zero-order valence-electron chi connectivity index (χ0n) is 23.5. The molecule has 5 aromatic rings. The zero-order valence-corrected chi connectivity index (χ0v) is 23.5. The molecule has 0 aliphatic carbocycles. The number of hydrogen-bond acceptors (Lipinski definition) is 6. The Bertz CT molecular complexity index is 1760. The minimum Gasteiger partial charge on any atom is -0.444 e. The second kappa shape index (κ2) is 8.55. The molecule has 2 aromatic carbocycles. The van der Waals surface area contributed by atoms with E-state index in [4.69, 9.17) is 14.8 Å². The molecule has 1 spiro atoms. The molecular weight excluding hydrogens is 502 g/mol. The molecule has 5 heterocycles. The average molecular weight is 536 g/mol. The number of carbonyl (C=O) groups is 1. The smallest absolute Gasteiger partial charge is 0.410 e. The van der Waals surface area contributed by atoms with Crippen LogP contribution in [0, 0.1) is 12.3 Å². The molecular formula is C31H33N7O2. The van der Waals surface area contributed by atoms with Crippen molar-refractivity contribution in [3.8, 4) is 16.9 Å². The van der Waals surface area contributed by atoms with Gasteiger partial charge >= 0.3 is 6.09 Å². The van der Waals surface area contributed by atoms with Gasteiger partial charge in [0.25, 0.3) is 0 Å². The van der Waals surface area contributed by atoms with E-state index in [9.17, 15) is 4.79 Å². The van der Waals surface area contributed by atoms with E-state index in [2.05, 4.69) is 59.5 Å². The summed E-state index contributed by atoms with van der Waals surface area (Å²) in [6.45, 7) is 11.1. The largest absolute Gasteiger partial charge is 0.444 e. The molecule has 3 aromatic heterocycles. The van der Waals surface area contributed by atoms with Crippen molar-refractivity contribution in [1.82, 2.24) is 29.4 Å². The van der Waals surface area contributed by atoms with E-state index >= 15 is 0 Å². The van der Waals surface area contributed by atoms with Crippen molar-refractivity contribution in [1.29, 1.82) is 0 Å². The van der Waals surface area contributed by atoms with E-state index in [1.54, 1.807) is 4.90 Å². The fourth-order valence-corrected chi connectivity index (χ4v) is 6.12. The fraction of sp³-hybridized carbons (Fsp3) is 0.355. The number of para-hydroxylation sites is 1. The number of aromatic nitrogens is 5. The van der Waals surface area contributed by atoms with Crippen LogP contribution in [0.25, 0.3) is 38.8 Å². The number of anilines is 1. The van der Waals surface area contributed by atoms with Gasteiger partial charge in [-0.1, -0.05) is 30.3 Å². The summed E-state index contributed by atoms with van der Waals surface area (Å²) < 4.78 is 9.37. The highest BCUT2D eigenvalue weighted by atomic mass is 16.6. The van der Waals surface area contributed by atoms with Gasteiger partial charge in [0, 0.05) is 61.2 Å². The second-order valence-corrected chi connectivity index (χ2v) is 12.3. The van der Waals surface area contributed by atoms with Crippen molar-refractivity contribution in [2.24, 2.45) is 12.5 Å². The Morgan fingerprint density at radius 1 is 0.950 bits per heavy atom. The number of aryl methyl sites for hydroxylation is 2. The number of nitrogens with zero attached hydrogens (tertiary/aromatic N) is 7. The van der Waals surface area contributed by atoms with E-state index in [-0.39, 0.29) is 11.5 Å². The van der Waals surface area contributed by atoms with Crippen LogP contribution in [0.5, 0.6) is 0 Å². The third kappa shape index (κ3) is 3.99. The number of likely N-dealkylation sites (tertiary alicyclic amines) is 1. The Balaban J connectivity index is 1.14. The second-order valence-electron chi connectivity index (χ2n) is 12.3. The van der Waals surface area contributed by atoms with Gasteiger partial charge in [-0.15, -0.1) is 0 Å². The zero-order chi connectivity index (χ0) is 27.8. The van der Waals surface area contributed by atoms with Gasteiger partial charge in [-0.3, -0.25) is 4.68 Å². The summed E-state index contributed by atoms with van der Waals surface area (Å²) in [6.07, 6.45) is 3.73. The van der Waals surface area contributed by atoms with Crippen molar-refractivity contribution < 1.29 is 9.53 Å². The predicted octanol–water partition coefficient (Wildman–Crippen LogP) is 5.34. The molecule has 40 heavy (non-hydrogen) atoms. The van der Waals surface area contributed by atoms with Crippen LogP contribution in [0.2, 0.25) is 0 Å². The number of hydrogen-bond donors (Lipinski definition) is 0. The van der Waals surface area contributed by atoms with E-state index in [0.29, 0.717) is 0 Å². The number of fused-ring (bicyclic) bond motifs is 2. The van der Waals surface area contributed by atoms with E-state index in [1.807, 2.05) is 55.5 Å². The van der Waals surface area contributed by atoms with Crippen LogP contribution >= 0.6 is 0 Å². The highest BCUT2D eigenvalue weighted by molar-refractivity contribution is 6.03. The molecule has 0 saturated carbocycles. The number of amides is 1. The number of pyridine rings is 1. The summed E-state index contributed by atoms with van der Waals surface area (Å²) >= 11 is 0. The summed E-state index contributed by atoms with van der Waals surface area (Å²) in [4.78, 5) is 21.2. The van der Waals surface area contributed by atoms with Gasteiger partial charge < -0.3 is 14.5 Å². The summed E-state index contributed by atoms with van der Waals surface area (Å²) in [6, 6.07) is 16.7. The van der Waals surface area contributed by atoms with Crippen LogP contribution in [-0.4, -0.2) is 67.3 Å². The highest BCUT2D eigenvalue weighted by Gasteiger charge is 2.54. The Hall–Kier alpha value is -4.40. The SMILES string of the molecule is Cc1cccc2c(-c3cccc4nn(C)cc34)nn(-c3ccc(N4CC5(CN(C(=O)OC(C)(C)C)C5)C4)nc3)c12. The summed E-state index contributed by atoms with van der Waals surface area (Å²) in [7, 11) is 1.94. The molecule has 1 amide bonds. The number of carbonyl (C=O) groups excluding carboxylic acids is 1. The lowest BCUT2D eigenvalue weighted by Crippen LogP contribution is -2.73. The van der Waals surface area contributed by atoms with Crippen LogP contribution < -0.4 is 4.90 Å². The topological polar surface area (TPSA) is 81.3 Å². The number of rotatable bonds is 3. The predicted molar refractivity (Wildman–Crippen MR) is 156 cm³/mol.